The number of likely N-dealkylation sites (N-methyl/N-ethyl adjacent to an activating group) is 1. The summed E-state index contributed by atoms with van der Waals surface area (Å²) in [6.07, 6.45) is 1.62. The summed E-state index contributed by atoms with van der Waals surface area (Å²) < 4.78 is 32.3. The van der Waals surface area contributed by atoms with Crippen LogP contribution in [0.25, 0.3) is 0 Å². The van der Waals surface area contributed by atoms with Gasteiger partial charge < -0.3 is 10.1 Å². The summed E-state index contributed by atoms with van der Waals surface area (Å²) >= 11 is 3.24. The third-order valence-electron chi connectivity index (χ3n) is 2.60. The first-order chi connectivity index (χ1) is 9.28. The molecule has 8 heteroatoms. The second-order valence-electron chi connectivity index (χ2n) is 4.50. The molecular formula is C12H20BrN3O3S. The summed E-state index contributed by atoms with van der Waals surface area (Å²) in [5, 5.41) is 2.79. The Hall–Kier alpha value is -0.700. The van der Waals surface area contributed by atoms with Crippen molar-refractivity contribution >= 4 is 31.8 Å². The average molecular weight is 366 g/mol. The number of hydrogen-bond acceptors (Lipinski definition) is 5. The van der Waals surface area contributed by atoms with Gasteiger partial charge in [-0.1, -0.05) is 0 Å². The van der Waals surface area contributed by atoms with Crippen molar-refractivity contribution < 1.29 is 13.2 Å². The van der Waals surface area contributed by atoms with E-state index in [1.807, 2.05) is 13.8 Å². The van der Waals surface area contributed by atoms with Crippen molar-refractivity contribution in [3.63, 3.8) is 0 Å². The minimum absolute atomic E-state index is 0.0755. The number of rotatable bonds is 7. The quantitative estimate of drug-likeness (QED) is 0.799. The number of hydrogen-bond donors (Lipinski definition) is 1. The normalized spacial score (nSPS) is 12.2. The fraction of sp³-hybridized carbons (Fsp3) is 0.583. The van der Waals surface area contributed by atoms with E-state index in [9.17, 15) is 8.42 Å². The lowest BCUT2D eigenvalue weighted by Crippen LogP contribution is -2.31. The molecular weight excluding hydrogens is 346 g/mol. The van der Waals surface area contributed by atoms with Gasteiger partial charge in [-0.2, -0.15) is 4.31 Å². The van der Waals surface area contributed by atoms with E-state index in [1.165, 1.54) is 17.4 Å². The first-order valence-corrected chi connectivity index (χ1v) is 8.43. The molecule has 0 saturated carbocycles. The SMILES string of the molecule is CNc1ncc(Br)cc1S(=O)(=O)N(C)CCOC(C)C. The molecule has 0 aliphatic rings. The minimum atomic E-state index is -3.60. The molecule has 0 fully saturated rings. The predicted molar refractivity (Wildman–Crippen MR) is 82.4 cm³/mol. The van der Waals surface area contributed by atoms with Gasteiger partial charge in [0.25, 0.3) is 0 Å². The highest BCUT2D eigenvalue weighted by Crippen LogP contribution is 2.24. The molecule has 0 bridgehead atoms. The van der Waals surface area contributed by atoms with E-state index in [-0.39, 0.29) is 17.5 Å². The molecule has 0 unspecified atom stereocenters. The van der Waals surface area contributed by atoms with Gasteiger partial charge in [0, 0.05) is 31.3 Å². The van der Waals surface area contributed by atoms with Crippen molar-refractivity contribution in [3.8, 4) is 0 Å². The molecule has 0 amide bonds. The highest BCUT2D eigenvalue weighted by Gasteiger charge is 2.24. The molecule has 114 valence electrons. The zero-order valence-electron chi connectivity index (χ0n) is 12.1. The van der Waals surface area contributed by atoms with Gasteiger partial charge in [0.15, 0.2) is 0 Å². The van der Waals surface area contributed by atoms with Crippen LogP contribution in [-0.2, 0) is 14.8 Å². The fourth-order valence-corrected chi connectivity index (χ4v) is 3.32. The maximum Gasteiger partial charge on any atom is 0.246 e. The third kappa shape index (κ3) is 4.41. The van der Waals surface area contributed by atoms with Crippen LogP contribution in [0.2, 0.25) is 0 Å². The minimum Gasteiger partial charge on any atom is -0.377 e. The van der Waals surface area contributed by atoms with E-state index in [1.54, 1.807) is 13.2 Å². The molecule has 6 nitrogen and oxygen atoms in total. The number of sulfonamides is 1. The van der Waals surface area contributed by atoms with E-state index in [0.29, 0.717) is 16.9 Å². The Morgan fingerprint density at radius 2 is 2.15 bits per heavy atom. The monoisotopic (exact) mass is 365 g/mol. The fourth-order valence-electron chi connectivity index (χ4n) is 1.51. The van der Waals surface area contributed by atoms with Crippen molar-refractivity contribution in [1.82, 2.24) is 9.29 Å². The zero-order chi connectivity index (χ0) is 15.3. The number of halogens is 1. The second kappa shape index (κ2) is 7.35. The summed E-state index contributed by atoms with van der Waals surface area (Å²) in [5.74, 6) is 0.324. The van der Waals surface area contributed by atoms with Gasteiger partial charge in [0.05, 0.1) is 12.7 Å². The molecule has 1 rings (SSSR count). The molecule has 20 heavy (non-hydrogen) atoms. The van der Waals surface area contributed by atoms with E-state index < -0.39 is 10.0 Å². The van der Waals surface area contributed by atoms with E-state index in [0.717, 1.165) is 0 Å². The molecule has 0 aliphatic heterocycles. The van der Waals surface area contributed by atoms with Gasteiger partial charge in [0.2, 0.25) is 10.0 Å². The predicted octanol–water partition coefficient (Wildman–Crippen LogP) is 1.93. The van der Waals surface area contributed by atoms with Crippen LogP contribution in [0, 0.1) is 0 Å². The first kappa shape index (κ1) is 17.4. The Balaban J connectivity index is 2.95. The van der Waals surface area contributed by atoms with E-state index in [2.05, 4.69) is 26.2 Å². The highest BCUT2D eigenvalue weighted by molar-refractivity contribution is 9.10. The molecule has 1 heterocycles. The first-order valence-electron chi connectivity index (χ1n) is 6.20. The third-order valence-corrected chi connectivity index (χ3v) is 4.91. The molecule has 0 aliphatic carbocycles. The van der Waals surface area contributed by atoms with Gasteiger partial charge in [-0.05, 0) is 35.8 Å². The molecule has 0 atom stereocenters. The lowest BCUT2D eigenvalue weighted by atomic mass is 10.4. The van der Waals surface area contributed by atoms with Crippen LogP contribution in [-0.4, -0.2) is 51.1 Å². The van der Waals surface area contributed by atoms with Gasteiger partial charge >= 0.3 is 0 Å². The van der Waals surface area contributed by atoms with Crippen LogP contribution in [0.1, 0.15) is 13.8 Å². The number of nitrogens with one attached hydrogen (secondary N) is 1. The van der Waals surface area contributed by atoms with Gasteiger partial charge in [-0.25, -0.2) is 13.4 Å². The molecule has 1 aromatic heterocycles. The Bertz CT molecular complexity index is 549. The van der Waals surface area contributed by atoms with Crippen molar-refractivity contribution in [2.45, 2.75) is 24.8 Å². The van der Waals surface area contributed by atoms with Gasteiger partial charge in [-0.15, -0.1) is 0 Å². The summed E-state index contributed by atoms with van der Waals surface area (Å²) in [6.45, 7) is 4.46. The van der Waals surface area contributed by atoms with Crippen molar-refractivity contribution in [2.24, 2.45) is 0 Å². The Kier molecular flexibility index (Phi) is 6.38. The lowest BCUT2D eigenvalue weighted by molar-refractivity contribution is 0.0737. The molecule has 0 aromatic carbocycles. The number of pyridine rings is 1. The Morgan fingerprint density at radius 1 is 1.50 bits per heavy atom. The van der Waals surface area contributed by atoms with E-state index in [4.69, 9.17) is 4.74 Å². The number of anilines is 1. The van der Waals surface area contributed by atoms with Crippen LogP contribution in [0.5, 0.6) is 0 Å². The smallest absolute Gasteiger partial charge is 0.246 e. The summed E-state index contributed by atoms with van der Waals surface area (Å²) in [7, 11) is -0.441. The maximum atomic E-state index is 12.5. The number of nitrogens with zero attached hydrogens (tertiary/aromatic N) is 2. The molecule has 1 aromatic rings. The molecule has 1 N–H and O–H groups in total. The van der Waals surface area contributed by atoms with Crippen LogP contribution in [0.15, 0.2) is 21.6 Å². The zero-order valence-corrected chi connectivity index (χ0v) is 14.5. The van der Waals surface area contributed by atoms with Crippen LogP contribution in [0.4, 0.5) is 5.82 Å². The molecule has 0 saturated heterocycles. The number of ether oxygens (including phenoxy) is 1. The summed E-state index contributed by atoms with van der Waals surface area (Å²) in [6, 6.07) is 1.54. The van der Waals surface area contributed by atoms with Crippen molar-refractivity contribution in [1.29, 1.82) is 0 Å². The van der Waals surface area contributed by atoms with Crippen molar-refractivity contribution in [2.75, 3.05) is 32.6 Å². The molecule has 0 spiro atoms. The average Bonchev–Trinajstić information content (AvgIpc) is 2.38. The largest absolute Gasteiger partial charge is 0.377 e. The number of aromatic nitrogens is 1. The second-order valence-corrected chi connectivity index (χ2v) is 7.43. The van der Waals surface area contributed by atoms with E-state index >= 15 is 0 Å². The Morgan fingerprint density at radius 3 is 2.70 bits per heavy atom. The van der Waals surface area contributed by atoms with Gasteiger partial charge in [0.1, 0.15) is 10.7 Å². The maximum absolute atomic E-state index is 12.5. The van der Waals surface area contributed by atoms with Gasteiger partial charge in [-0.3, -0.25) is 0 Å². The summed E-state index contributed by atoms with van der Waals surface area (Å²) in [5.41, 5.74) is 0. The molecule has 0 radical (unpaired) electrons. The summed E-state index contributed by atoms with van der Waals surface area (Å²) in [4.78, 5) is 4.20. The van der Waals surface area contributed by atoms with Crippen LogP contribution >= 0.6 is 15.9 Å². The highest BCUT2D eigenvalue weighted by atomic mass is 79.9. The Labute approximate surface area is 128 Å². The topological polar surface area (TPSA) is 71.5 Å². The lowest BCUT2D eigenvalue weighted by Gasteiger charge is -2.19. The van der Waals surface area contributed by atoms with Crippen molar-refractivity contribution in [3.05, 3.63) is 16.7 Å². The van der Waals surface area contributed by atoms with Crippen LogP contribution < -0.4 is 5.32 Å². The van der Waals surface area contributed by atoms with Crippen LogP contribution in [0.3, 0.4) is 0 Å². The standard InChI is InChI=1S/C12H20BrN3O3S/c1-9(2)19-6-5-16(4)20(17,18)11-7-10(13)8-15-12(11)14-3/h7-9H,5-6H2,1-4H3,(H,14,15).